The molecule has 4 N–H and O–H groups in total. The Morgan fingerprint density at radius 3 is 2.28 bits per heavy atom. The summed E-state index contributed by atoms with van der Waals surface area (Å²) in [5, 5.41) is 19.2. The Hall–Kier alpha value is -1.74. The van der Waals surface area contributed by atoms with E-state index in [1.54, 1.807) is 19.9 Å². The Morgan fingerprint density at radius 2 is 1.76 bits per heavy atom. The monoisotopic (exact) mass is 433 g/mol. The van der Waals surface area contributed by atoms with Gasteiger partial charge in [-0.05, 0) is 93.2 Å². The van der Waals surface area contributed by atoms with E-state index >= 15 is 0 Å². The van der Waals surface area contributed by atoms with Crippen LogP contribution < -0.4 is 10.5 Å². The predicted octanol–water partition coefficient (Wildman–Crippen LogP) is 4.19. The molecular weight excluding hydrogens is 406 g/mol. The number of carbonyl (C=O) groups is 1. The molecule has 6 nitrogen and oxygen atoms in total. The minimum Gasteiger partial charge on any atom is -0.386 e. The quantitative estimate of drug-likeness (QED) is 0.676. The molecule has 2 aliphatic rings. The van der Waals surface area contributed by atoms with E-state index in [1.165, 1.54) is 33.6 Å². The van der Waals surface area contributed by atoms with E-state index in [0.29, 0.717) is 9.77 Å². The highest BCUT2D eigenvalue weighted by Gasteiger charge is 2.27. The maximum atomic E-state index is 13.0. The highest BCUT2D eigenvalue weighted by atomic mass is 32.2. The van der Waals surface area contributed by atoms with Gasteiger partial charge in [0.25, 0.3) is 0 Å². The summed E-state index contributed by atoms with van der Waals surface area (Å²) in [5.74, 6) is 0. The summed E-state index contributed by atoms with van der Waals surface area (Å²) >= 11 is 1.20. The Morgan fingerprint density at radius 1 is 1.17 bits per heavy atom. The highest BCUT2D eigenvalue weighted by Crippen LogP contribution is 2.39. The zero-order valence-corrected chi connectivity index (χ0v) is 18.6. The third-order valence-electron chi connectivity index (χ3n) is 5.77. The van der Waals surface area contributed by atoms with Crippen molar-refractivity contribution in [1.82, 2.24) is 0 Å². The van der Waals surface area contributed by atoms with E-state index in [0.717, 1.165) is 49.1 Å². The van der Waals surface area contributed by atoms with Crippen molar-refractivity contribution < 1.29 is 14.1 Å². The second-order valence-electron chi connectivity index (χ2n) is 8.42. The van der Waals surface area contributed by atoms with Crippen LogP contribution in [0, 0.1) is 6.92 Å². The van der Waals surface area contributed by atoms with Crippen LogP contribution in [0.5, 0.6) is 0 Å². The second kappa shape index (κ2) is 7.19. The van der Waals surface area contributed by atoms with E-state index in [-0.39, 0.29) is 0 Å². The molecule has 1 atom stereocenters. The molecule has 1 aromatic carbocycles. The van der Waals surface area contributed by atoms with Crippen LogP contribution in [0.4, 0.5) is 10.5 Å². The molecule has 0 bridgehead atoms. The number of hydrogen-bond acceptors (Lipinski definition) is 4. The van der Waals surface area contributed by atoms with Crippen molar-refractivity contribution in [2.45, 2.75) is 69.1 Å². The number of anilines is 1. The lowest BCUT2D eigenvalue weighted by molar-refractivity contribution is 0.0783. The van der Waals surface area contributed by atoms with Gasteiger partial charge in [-0.3, -0.25) is 0 Å². The fourth-order valence-corrected chi connectivity index (χ4v) is 7.00. The topological polar surface area (TPSA) is 105 Å². The van der Waals surface area contributed by atoms with Gasteiger partial charge in [-0.1, -0.05) is 6.07 Å². The van der Waals surface area contributed by atoms with Gasteiger partial charge in [0.15, 0.2) is 9.92 Å². The molecule has 0 aliphatic heterocycles. The molecule has 1 aromatic heterocycles. The zero-order chi connectivity index (χ0) is 21.0. The Labute approximate surface area is 175 Å². The molecule has 0 fully saturated rings. The number of aliphatic hydroxyl groups is 1. The van der Waals surface area contributed by atoms with Crippen molar-refractivity contribution in [2.75, 3.05) is 5.32 Å². The summed E-state index contributed by atoms with van der Waals surface area (Å²) in [6, 6.07) is 3.20. The average molecular weight is 434 g/mol. The number of aryl methyl sites for hydroxylation is 3. The van der Waals surface area contributed by atoms with Crippen LogP contribution in [0.25, 0.3) is 0 Å². The molecular formula is C21H27N3O3S2. The third-order valence-corrected chi connectivity index (χ3v) is 8.71. The molecule has 2 aromatic rings. The molecule has 156 valence electrons. The van der Waals surface area contributed by atoms with Crippen molar-refractivity contribution in [3.05, 3.63) is 44.8 Å². The van der Waals surface area contributed by atoms with E-state index in [2.05, 4.69) is 15.7 Å². The molecule has 4 rings (SSSR count). The van der Waals surface area contributed by atoms with Crippen LogP contribution in [-0.4, -0.2) is 15.3 Å². The Kier molecular flexibility index (Phi) is 5.09. The van der Waals surface area contributed by atoms with Crippen molar-refractivity contribution in [2.24, 2.45) is 9.50 Å². The average Bonchev–Trinajstić information content (AvgIpc) is 3.31. The summed E-state index contributed by atoms with van der Waals surface area (Å²) in [5.41, 5.74) is 5.40. The van der Waals surface area contributed by atoms with Gasteiger partial charge in [-0.15, -0.1) is 15.7 Å². The summed E-state index contributed by atoms with van der Waals surface area (Å²) in [4.78, 5) is 13.5. The molecule has 0 saturated carbocycles. The fraction of sp³-hybridized carbons (Fsp3) is 0.476. The van der Waals surface area contributed by atoms with E-state index < -0.39 is 21.5 Å². The number of rotatable bonds is 3. The Balaban J connectivity index is 1.67. The minimum atomic E-state index is -3.40. The van der Waals surface area contributed by atoms with Gasteiger partial charge in [0.1, 0.15) is 4.21 Å². The molecule has 8 heteroatoms. The molecule has 0 unspecified atom stereocenters. The van der Waals surface area contributed by atoms with Crippen LogP contribution in [-0.2, 0) is 41.2 Å². The molecule has 29 heavy (non-hydrogen) atoms. The standard InChI is InChI=1S/C21H27N3O3S2/c1-12-17(21(2,3)26)11-18(28-12)29(22,27)24-20(25)23-19-15-8-4-6-13(15)10-14-7-5-9-16(14)19/h10-11,26H,4-9H2,1-3H3,(H3,22,23,24,25,27)/t29-/m1/s1. The van der Waals surface area contributed by atoms with Crippen molar-refractivity contribution >= 4 is 33.0 Å². The number of amides is 2. The normalized spacial score (nSPS) is 17.6. The number of hydrogen-bond donors (Lipinski definition) is 3. The number of nitrogens with two attached hydrogens (primary N) is 1. The molecule has 0 radical (unpaired) electrons. The zero-order valence-electron chi connectivity index (χ0n) is 17.0. The van der Waals surface area contributed by atoms with E-state index in [9.17, 15) is 14.1 Å². The number of fused-ring (bicyclic) bond motifs is 2. The first-order valence-electron chi connectivity index (χ1n) is 9.92. The van der Waals surface area contributed by atoms with Gasteiger partial charge in [0, 0.05) is 10.6 Å². The summed E-state index contributed by atoms with van der Waals surface area (Å²) < 4.78 is 17.2. The van der Waals surface area contributed by atoms with Crippen LogP contribution >= 0.6 is 11.3 Å². The number of urea groups is 1. The predicted molar refractivity (Wildman–Crippen MR) is 117 cm³/mol. The lowest BCUT2D eigenvalue weighted by Gasteiger charge is -2.16. The largest absolute Gasteiger partial charge is 0.386 e. The van der Waals surface area contributed by atoms with Crippen LogP contribution in [0.3, 0.4) is 0 Å². The number of thiophene rings is 1. The number of benzene rings is 1. The molecule has 2 aliphatic carbocycles. The number of nitrogens with zero attached hydrogens (tertiary/aromatic N) is 1. The lowest BCUT2D eigenvalue weighted by atomic mass is 9.99. The van der Waals surface area contributed by atoms with Gasteiger partial charge in [-0.2, -0.15) is 0 Å². The van der Waals surface area contributed by atoms with Crippen molar-refractivity contribution in [3.8, 4) is 0 Å². The maximum Gasteiger partial charge on any atom is 0.354 e. The first kappa shape index (κ1) is 20.5. The third kappa shape index (κ3) is 3.86. The number of carbonyl (C=O) groups excluding carboxylic acids is 1. The van der Waals surface area contributed by atoms with Crippen LogP contribution in [0.1, 0.15) is 59.4 Å². The van der Waals surface area contributed by atoms with Crippen LogP contribution in [0.2, 0.25) is 0 Å². The lowest BCUT2D eigenvalue weighted by Crippen LogP contribution is -2.18. The van der Waals surface area contributed by atoms with Gasteiger partial charge < -0.3 is 10.4 Å². The van der Waals surface area contributed by atoms with Gasteiger partial charge in [-0.25, -0.2) is 14.1 Å². The van der Waals surface area contributed by atoms with E-state index in [4.69, 9.17) is 5.14 Å². The maximum absolute atomic E-state index is 13.0. The number of nitrogens with one attached hydrogen (secondary N) is 1. The van der Waals surface area contributed by atoms with Gasteiger partial charge >= 0.3 is 6.03 Å². The smallest absolute Gasteiger partial charge is 0.354 e. The SMILES string of the molecule is Cc1sc([S@](N)(=O)=NC(=O)Nc2c3c(cc4c2CCC4)CCC3)cc1C(C)(C)O. The van der Waals surface area contributed by atoms with Crippen molar-refractivity contribution in [3.63, 3.8) is 0 Å². The molecule has 0 saturated heterocycles. The molecule has 1 heterocycles. The molecule has 0 spiro atoms. The second-order valence-corrected chi connectivity index (χ2v) is 11.7. The summed E-state index contributed by atoms with van der Waals surface area (Å²) in [6.45, 7) is 5.14. The first-order valence-corrected chi connectivity index (χ1v) is 12.3. The first-order chi connectivity index (χ1) is 13.6. The van der Waals surface area contributed by atoms with Crippen LogP contribution in [0.15, 0.2) is 20.7 Å². The Bertz CT molecular complexity index is 1090. The highest BCUT2D eigenvalue weighted by molar-refractivity contribution is 7.93. The summed E-state index contributed by atoms with van der Waals surface area (Å²) in [7, 11) is -3.40. The van der Waals surface area contributed by atoms with Gasteiger partial charge in [0.05, 0.1) is 5.60 Å². The van der Waals surface area contributed by atoms with Crippen molar-refractivity contribution in [1.29, 1.82) is 0 Å². The summed E-state index contributed by atoms with van der Waals surface area (Å²) in [6.07, 6.45) is 6.11. The van der Waals surface area contributed by atoms with E-state index in [1.807, 2.05) is 6.92 Å². The minimum absolute atomic E-state index is 0.297. The fourth-order valence-electron chi connectivity index (χ4n) is 4.47. The molecule has 2 amide bonds. The van der Waals surface area contributed by atoms with Gasteiger partial charge in [0.2, 0.25) is 0 Å².